The van der Waals surface area contributed by atoms with Crippen molar-refractivity contribution in [2.24, 2.45) is 0 Å². The molecule has 504 valence electrons. The maximum Gasteiger partial charge on any atom is 0.220 e. The zero-order chi connectivity index (χ0) is 63.1. The topological polar surface area (TPSA) is 228 Å². The van der Waals surface area contributed by atoms with Crippen molar-refractivity contribution >= 4 is 5.91 Å². The first-order valence-corrected chi connectivity index (χ1v) is 35.3. The Morgan fingerprint density at radius 1 is 0.425 bits per heavy atom. The number of hydrogen-bond acceptors (Lipinski definition) is 13. The minimum Gasteiger partial charge on any atom is -0.394 e. The largest absolute Gasteiger partial charge is 0.394 e. The molecule has 0 aromatic heterocycles. The fraction of sp³-hybridized carbons (Fsp3) is 0.795. The molecule has 0 radical (unpaired) electrons. The molecule has 0 aromatic carbocycles. The van der Waals surface area contributed by atoms with Crippen LogP contribution in [0.2, 0.25) is 0 Å². The second-order valence-electron chi connectivity index (χ2n) is 24.6. The van der Waals surface area contributed by atoms with Gasteiger partial charge in [0.2, 0.25) is 5.91 Å². The van der Waals surface area contributed by atoms with Crippen molar-refractivity contribution in [1.82, 2.24) is 5.32 Å². The Bertz CT molecular complexity index is 1780. The van der Waals surface area contributed by atoms with Crippen LogP contribution in [0.3, 0.4) is 0 Å². The third-order valence-corrected chi connectivity index (χ3v) is 16.8. The summed E-state index contributed by atoms with van der Waals surface area (Å²) in [5.41, 5.74) is 0. The van der Waals surface area contributed by atoms with Gasteiger partial charge in [-0.15, -0.1) is 0 Å². The molecule has 14 heteroatoms. The van der Waals surface area contributed by atoms with Crippen molar-refractivity contribution < 1.29 is 64.6 Å². The molecule has 12 atom stereocenters. The van der Waals surface area contributed by atoms with Crippen molar-refractivity contribution in [2.75, 3.05) is 19.8 Å². The van der Waals surface area contributed by atoms with Crippen LogP contribution in [-0.4, -0.2) is 140 Å². The molecule has 2 heterocycles. The lowest BCUT2D eigenvalue weighted by atomic mass is 9.97. The maximum absolute atomic E-state index is 13.3. The van der Waals surface area contributed by atoms with Crippen LogP contribution < -0.4 is 5.32 Å². The van der Waals surface area contributed by atoms with Crippen molar-refractivity contribution in [1.29, 1.82) is 0 Å². The Morgan fingerprint density at radius 2 is 0.793 bits per heavy atom. The molecule has 0 aliphatic carbocycles. The Labute approximate surface area is 529 Å². The second-order valence-corrected chi connectivity index (χ2v) is 24.6. The number of amides is 1. The summed E-state index contributed by atoms with van der Waals surface area (Å²) in [5.74, 6) is -0.240. The van der Waals surface area contributed by atoms with Gasteiger partial charge in [-0.25, -0.2) is 0 Å². The zero-order valence-electron chi connectivity index (χ0n) is 54.7. The van der Waals surface area contributed by atoms with E-state index < -0.39 is 86.8 Å². The molecule has 12 unspecified atom stereocenters. The summed E-state index contributed by atoms with van der Waals surface area (Å²) in [7, 11) is 0. The number of aliphatic hydroxyl groups is 8. The van der Waals surface area contributed by atoms with Crippen LogP contribution in [0, 0.1) is 0 Å². The van der Waals surface area contributed by atoms with Gasteiger partial charge in [0.1, 0.15) is 48.8 Å². The number of allylic oxidation sites excluding steroid dienone is 13. The molecule has 14 nitrogen and oxygen atoms in total. The van der Waals surface area contributed by atoms with E-state index in [1.807, 2.05) is 6.08 Å². The first kappa shape index (κ1) is 80.3. The number of carbonyl (C=O) groups excluding carboxylic acids is 1. The fourth-order valence-electron chi connectivity index (χ4n) is 11.2. The summed E-state index contributed by atoms with van der Waals surface area (Å²) in [6, 6.07) is -0.920. The van der Waals surface area contributed by atoms with E-state index in [2.05, 4.69) is 92.1 Å². The number of rotatable bonds is 57. The first-order valence-electron chi connectivity index (χ1n) is 35.3. The Hall–Kier alpha value is -2.83. The van der Waals surface area contributed by atoms with Gasteiger partial charge in [0, 0.05) is 6.42 Å². The number of carbonyl (C=O) groups is 1. The van der Waals surface area contributed by atoms with Gasteiger partial charge < -0.3 is 65.1 Å². The highest BCUT2D eigenvalue weighted by Gasteiger charge is 2.51. The van der Waals surface area contributed by atoms with Crippen LogP contribution in [0.15, 0.2) is 85.1 Å². The Morgan fingerprint density at radius 3 is 1.22 bits per heavy atom. The predicted molar refractivity (Wildman–Crippen MR) is 355 cm³/mol. The van der Waals surface area contributed by atoms with E-state index in [1.165, 1.54) is 173 Å². The second kappa shape index (κ2) is 57.1. The molecule has 0 aromatic rings. The summed E-state index contributed by atoms with van der Waals surface area (Å²) >= 11 is 0. The van der Waals surface area contributed by atoms with Gasteiger partial charge in [0.05, 0.1) is 32.0 Å². The number of hydrogen-bond donors (Lipinski definition) is 9. The monoisotopic (exact) mass is 1230 g/mol. The molecule has 0 spiro atoms. The summed E-state index contributed by atoms with van der Waals surface area (Å²) in [4.78, 5) is 13.3. The molecular weight excluding hydrogens is 1100 g/mol. The highest BCUT2D eigenvalue weighted by molar-refractivity contribution is 5.76. The standard InChI is InChI=1S/C73H129NO13/c1-3-5-7-9-11-13-15-17-19-21-23-25-26-27-28-29-30-31-32-33-34-35-36-37-39-41-43-45-47-49-51-53-55-57-65(78)74-61(62(77)56-54-52-50-48-46-44-42-40-38-24-22-20-18-16-14-12-10-8-6-4-2)60-84-72-70(83)68(81)71(64(59-76)86-72)87-73-69(82)67(80)66(79)63(58-75)85-73/h5,7,11,13,17,19,23,25,27-28,30-31,54,56,61-64,66-73,75-77,79-83H,3-4,6,8-10,12,14-16,18,20-22,24,26,29,32-53,55,57-60H2,1-2H3,(H,74,78)/b7-5-,13-11-,19-17-,25-23-,28-27-,31-30-,56-54+. The predicted octanol–water partition coefficient (Wildman–Crippen LogP) is 14.4. The zero-order valence-corrected chi connectivity index (χ0v) is 54.7. The Balaban J connectivity index is 1.66. The minimum absolute atomic E-state index is 0.240. The molecule has 2 aliphatic rings. The molecule has 1 amide bonds. The third kappa shape index (κ3) is 41.3. The van der Waals surface area contributed by atoms with E-state index in [9.17, 15) is 45.6 Å². The lowest BCUT2D eigenvalue weighted by Crippen LogP contribution is -2.65. The molecule has 2 aliphatic heterocycles. The molecule has 87 heavy (non-hydrogen) atoms. The van der Waals surface area contributed by atoms with E-state index in [4.69, 9.17) is 18.9 Å². The number of unbranched alkanes of at least 4 members (excludes halogenated alkanes) is 32. The third-order valence-electron chi connectivity index (χ3n) is 16.8. The average Bonchev–Trinajstić information content (AvgIpc) is 2.59. The van der Waals surface area contributed by atoms with Crippen LogP contribution in [0.25, 0.3) is 0 Å². The normalized spacial score (nSPS) is 23.8. The van der Waals surface area contributed by atoms with Crippen molar-refractivity contribution in [2.45, 2.75) is 351 Å². The van der Waals surface area contributed by atoms with Crippen molar-refractivity contribution in [3.8, 4) is 0 Å². The van der Waals surface area contributed by atoms with Crippen LogP contribution >= 0.6 is 0 Å². The van der Waals surface area contributed by atoms with E-state index >= 15 is 0 Å². The van der Waals surface area contributed by atoms with Gasteiger partial charge in [0.15, 0.2) is 12.6 Å². The molecule has 2 saturated heterocycles. The smallest absolute Gasteiger partial charge is 0.220 e. The molecule has 0 bridgehead atoms. The summed E-state index contributed by atoms with van der Waals surface area (Å²) in [5, 5.41) is 87.4. The number of ether oxygens (including phenoxy) is 4. The summed E-state index contributed by atoms with van der Waals surface area (Å²) in [6.45, 7) is 2.71. The van der Waals surface area contributed by atoms with Gasteiger partial charge in [0.25, 0.3) is 0 Å². The van der Waals surface area contributed by atoms with Crippen LogP contribution in [-0.2, 0) is 23.7 Å². The molecule has 0 saturated carbocycles. The molecule has 9 N–H and O–H groups in total. The minimum atomic E-state index is -1.79. The number of aliphatic hydroxyl groups excluding tert-OH is 8. The molecular formula is C73H129NO13. The van der Waals surface area contributed by atoms with Crippen LogP contribution in [0.5, 0.6) is 0 Å². The van der Waals surface area contributed by atoms with E-state index in [-0.39, 0.29) is 18.9 Å². The lowest BCUT2D eigenvalue weighted by Gasteiger charge is -2.46. The SMILES string of the molecule is CC/C=C\C/C=C\C/C=C\C/C=C\C/C=C\C/C=C\CCCCCCCCCCCCCCCCC(=O)NC(COC1OC(CO)C(OC2OC(CO)C(O)C(O)C2O)C(O)C1O)C(O)/C=C/CCCCCCCCCCCCCCCCCCCC. The van der Waals surface area contributed by atoms with Crippen LogP contribution in [0.4, 0.5) is 0 Å². The summed E-state index contributed by atoms with van der Waals surface area (Å²) in [6.07, 6.45) is 62.0. The lowest BCUT2D eigenvalue weighted by molar-refractivity contribution is -0.359. The first-order chi connectivity index (χ1) is 42.6. The average molecular weight is 1230 g/mol. The van der Waals surface area contributed by atoms with E-state index in [1.54, 1.807) is 6.08 Å². The van der Waals surface area contributed by atoms with E-state index in [0.717, 1.165) is 77.0 Å². The van der Waals surface area contributed by atoms with Gasteiger partial charge in [-0.1, -0.05) is 285 Å². The van der Waals surface area contributed by atoms with Crippen molar-refractivity contribution in [3.63, 3.8) is 0 Å². The molecule has 2 fully saturated rings. The maximum atomic E-state index is 13.3. The van der Waals surface area contributed by atoms with Gasteiger partial charge >= 0.3 is 0 Å². The highest BCUT2D eigenvalue weighted by Crippen LogP contribution is 2.30. The van der Waals surface area contributed by atoms with E-state index in [0.29, 0.717) is 6.42 Å². The van der Waals surface area contributed by atoms with Gasteiger partial charge in [-0.3, -0.25) is 4.79 Å². The highest BCUT2D eigenvalue weighted by atomic mass is 16.7. The molecule has 2 rings (SSSR count). The fourth-order valence-corrected chi connectivity index (χ4v) is 11.2. The van der Waals surface area contributed by atoms with Crippen molar-refractivity contribution in [3.05, 3.63) is 85.1 Å². The van der Waals surface area contributed by atoms with Gasteiger partial charge in [-0.2, -0.15) is 0 Å². The van der Waals surface area contributed by atoms with Gasteiger partial charge in [-0.05, 0) is 70.6 Å². The number of nitrogens with one attached hydrogen (secondary N) is 1. The summed E-state index contributed by atoms with van der Waals surface area (Å²) < 4.78 is 22.9. The quantitative estimate of drug-likeness (QED) is 0.0204. The van der Waals surface area contributed by atoms with Crippen LogP contribution in [0.1, 0.15) is 277 Å². The Kier molecular flexibility index (Phi) is 52.7.